The Bertz CT molecular complexity index is 165. The third-order valence-electron chi connectivity index (χ3n) is 3.10. The molecule has 13 heavy (non-hydrogen) atoms. The molecule has 1 aliphatic rings. The summed E-state index contributed by atoms with van der Waals surface area (Å²) in [6, 6.07) is 0. The van der Waals surface area contributed by atoms with Crippen LogP contribution in [0.3, 0.4) is 0 Å². The SMILES string of the molecule is CC(C)(F)C(C=O)C1CCCCC1. The quantitative estimate of drug-likeness (QED) is 0.619. The van der Waals surface area contributed by atoms with Gasteiger partial charge < -0.3 is 4.79 Å². The van der Waals surface area contributed by atoms with E-state index in [0.717, 1.165) is 32.0 Å². The zero-order chi connectivity index (χ0) is 9.90. The fourth-order valence-electron chi connectivity index (χ4n) is 2.33. The number of alkyl halides is 1. The predicted molar refractivity (Wildman–Crippen MR) is 51.3 cm³/mol. The van der Waals surface area contributed by atoms with Gasteiger partial charge in [0, 0.05) is 0 Å². The van der Waals surface area contributed by atoms with Crippen molar-refractivity contribution >= 4 is 6.29 Å². The first-order valence-electron chi connectivity index (χ1n) is 5.20. The van der Waals surface area contributed by atoms with Gasteiger partial charge in [-0.2, -0.15) is 0 Å². The van der Waals surface area contributed by atoms with Crippen LogP contribution in [0, 0.1) is 11.8 Å². The molecule has 1 saturated carbocycles. The molecule has 0 N–H and O–H groups in total. The smallest absolute Gasteiger partial charge is 0.126 e. The van der Waals surface area contributed by atoms with Gasteiger partial charge in [-0.1, -0.05) is 19.3 Å². The van der Waals surface area contributed by atoms with E-state index >= 15 is 0 Å². The summed E-state index contributed by atoms with van der Waals surface area (Å²) in [6.45, 7) is 3.03. The zero-order valence-electron chi connectivity index (χ0n) is 8.55. The Hall–Kier alpha value is -0.400. The average Bonchev–Trinajstić information content (AvgIpc) is 2.05. The topological polar surface area (TPSA) is 17.1 Å². The highest BCUT2D eigenvalue weighted by atomic mass is 19.1. The Balaban J connectivity index is 2.59. The number of aldehydes is 1. The van der Waals surface area contributed by atoms with Crippen molar-refractivity contribution in [2.75, 3.05) is 0 Å². The van der Waals surface area contributed by atoms with Gasteiger partial charge in [0.05, 0.1) is 5.92 Å². The van der Waals surface area contributed by atoms with Crippen molar-refractivity contribution in [2.24, 2.45) is 11.8 Å². The van der Waals surface area contributed by atoms with E-state index in [2.05, 4.69) is 0 Å². The number of rotatable bonds is 3. The van der Waals surface area contributed by atoms with E-state index in [1.165, 1.54) is 20.3 Å². The molecule has 2 heteroatoms. The summed E-state index contributed by atoms with van der Waals surface area (Å²) in [7, 11) is 0. The minimum atomic E-state index is -1.34. The lowest BCUT2D eigenvalue weighted by atomic mass is 9.74. The van der Waals surface area contributed by atoms with Crippen molar-refractivity contribution in [3.63, 3.8) is 0 Å². The van der Waals surface area contributed by atoms with Crippen LogP contribution in [-0.4, -0.2) is 12.0 Å². The summed E-state index contributed by atoms with van der Waals surface area (Å²) < 4.78 is 13.6. The summed E-state index contributed by atoms with van der Waals surface area (Å²) in [5.74, 6) is -0.112. The minimum absolute atomic E-state index is 0.284. The van der Waals surface area contributed by atoms with Crippen LogP contribution in [0.5, 0.6) is 0 Å². The van der Waals surface area contributed by atoms with Crippen molar-refractivity contribution in [1.82, 2.24) is 0 Å². The summed E-state index contributed by atoms with van der Waals surface area (Å²) in [5, 5.41) is 0. The van der Waals surface area contributed by atoms with E-state index in [1.807, 2.05) is 0 Å². The standard InChI is InChI=1S/C11H19FO/c1-11(2,12)10(8-13)9-6-4-3-5-7-9/h8-10H,3-7H2,1-2H3. The van der Waals surface area contributed by atoms with Crippen molar-refractivity contribution in [2.45, 2.75) is 51.6 Å². The van der Waals surface area contributed by atoms with Crippen LogP contribution < -0.4 is 0 Å². The molecule has 1 unspecified atom stereocenters. The number of hydrogen-bond acceptors (Lipinski definition) is 1. The fourth-order valence-corrected chi connectivity index (χ4v) is 2.33. The number of hydrogen-bond donors (Lipinski definition) is 0. The predicted octanol–water partition coefficient (Wildman–Crippen LogP) is 3.13. The molecule has 0 aromatic rings. The fraction of sp³-hybridized carbons (Fsp3) is 0.909. The normalized spacial score (nSPS) is 22.7. The Kier molecular flexibility index (Phi) is 3.46. The molecule has 0 bridgehead atoms. The molecular weight excluding hydrogens is 167 g/mol. The average molecular weight is 186 g/mol. The van der Waals surface area contributed by atoms with Crippen molar-refractivity contribution < 1.29 is 9.18 Å². The van der Waals surface area contributed by atoms with E-state index in [0.29, 0.717) is 0 Å². The van der Waals surface area contributed by atoms with E-state index in [4.69, 9.17) is 0 Å². The van der Waals surface area contributed by atoms with E-state index in [9.17, 15) is 9.18 Å². The lowest BCUT2D eigenvalue weighted by molar-refractivity contribution is -0.117. The first-order chi connectivity index (χ1) is 6.05. The van der Waals surface area contributed by atoms with Gasteiger partial charge in [-0.15, -0.1) is 0 Å². The summed E-state index contributed by atoms with van der Waals surface area (Å²) in [6.07, 6.45) is 6.43. The molecule has 0 aliphatic heterocycles. The highest BCUT2D eigenvalue weighted by Crippen LogP contribution is 2.36. The molecule has 1 rings (SSSR count). The van der Waals surface area contributed by atoms with Crippen LogP contribution in [0.15, 0.2) is 0 Å². The number of halogens is 1. The first-order valence-corrected chi connectivity index (χ1v) is 5.20. The van der Waals surface area contributed by atoms with Gasteiger partial charge in [0.1, 0.15) is 12.0 Å². The van der Waals surface area contributed by atoms with Crippen molar-refractivity contribution in [1.29, 1.82) is 0 Å². The second-order valence-electron chi connectivity index (χ2n) is 4.62. The van der Waals surface area contributed by atoms with Gasteiger partial charge in [0.2, 0.25) is 0 Å². The van der Waals surface area contributed by atoms with E-state index in [-0.39, 0.29) is 5.92 Å². The third kappa shape index (κ3) is 2.78. The summed E-state index contributed by atoms with van der Waals surface area (Å²) >= 11 is 0. The highest BCUT2D eigenvalue weighted by Gasteiger charge is 2.35. The molecular formula is C11H19FO. The molecule has 1 atom stereocenters. The number of carbonyl (C=O) groups is 1. The Morgan fingerprint density at radius 2 is 1.85 bits per heavy atom. The Labute approximate surface area is 79.7 Å². The van der Waals surface area contributed by atoms with Gasteiger partial charge in [-0.05, 0) is 32.6 Å². The van der Waals surface area contributed by atoms with Gasteiger partial charge in [0.15, 0.2) is 0 Å². The molecule has 0 amide bonds. The molecule has 1 nitrogen and oxygen atoms in total. The van der Waals surface area contributed by atoms with Gasteiger partial charge in [-0.3, -0.25) is 0 Å². The molecule has 1 fully saturated rings. The van der Waals surface area contributed by atoms with Crippen LogP contribution >= 0.6 is 0 Å². The monoisotopic (exact) mass is 186 g/mol. The lowest BCUT2D eigenvalue weighted by Crippen LogP contribution is -2.34. The van der Waals surface area contributed by atoms with Crippen LogP contribution in [0.2, 0.25) is 0 Å². The molecule has 0 radical (unpaired) electrons. The minimum Gasteiger partial charge on any atom is -0.303 e. The second kappa shape index (κ2) is 4.21. The maximum Gasteiger partial charge on any atom is 0.126 e. The molecule has 1 aliphatic carbocycles. The van der Waals surface area contributed by atoms with Gasteiger partial charge >= 0.3 is 0 Å². The first kappa shape index (κ1) is 10.7. The van der Waals surface area contributed by atoms with Gasteiger partial charge in [0.25, 0.3) is 0 Å². The van der Waals surface area contributed by atoms with E-state index in [1.54, 1.807) is 0 Å². The largest absolute Gasteiger partial charge is 0.303 e. The maximum atomic E-state index is 13.6. The highest BCUT2D eigenvalue weighted by molar-refractivity contribution is 5.56. The second-order valence-corrected chi connectivity index (χ2v) is 4.62. The third-order valence-corrected chi connectivity index (χ3v) is 3.10. The Morgan fingerprint density at radius 1 is 1.31 bits per heavy atom. The molecule has 76 valence electrons. The van der Waals surface area contributed by atoms with Crippen LogP contribution in [-0.2, 0) is 4.79 Å². The summed E-state index contributed by atoms with van der Waals surface area (Å²) in [5.41, 5.74) is -1.34. The Morgan fingerprint density at radius 3 is 2.23 bits per heavy atom. The van der Waals surface area contributed by atoms with Gasteiger partial charge in [-0.25, -0.2) is 4.39 Å². The van der Waals surface area contributed by atoms with Crippen LogP contribution in [0.25, 0.3) is 0 Å². The van der Waals surface area contributed by atoms with Crippen molar-refractivity contribution in [3.8, 4) is 0 Å². The van der Waals surface area contributed by atoms with E-state index < -0.39 is 11.6 Å². The van der Waals surface area contributed by atoms with Crippen LogP contribution in [0.4, 0.5) is 4.39 Å². The molecule has 0 aromatic carbocycles. The van der Waals surface area contributed by atoms with Crippen molar-refractivity contribution in [3.05, 3.63) is 0 Å². The lowest BCUT2D eigenvalue weighted by Gasteiger charge is -2.32. The zero-order valence-corrected chi connectivity index (χ0v) is 8.55. The number of carbonyl (C=O) groups excluding carboxylic acids is 1. The molecule has 0 spiro atoms. The molecule has 0 saturated heterocycles. The molecule has 0 aromatic heterocycles. The molecule has 0 heterocycles. The maximum absolute atomic E-state index is 13.6. The summed E-state index contributed by atoms with van der Waals surface area (Å²) in [4.78, 5) is 10.8. The van der Waals surface area contributed by atoms with Crippen LogP contribution in [0.1, 0.15) is 46.0 Å².